The van der Waals surface area contributed by atoms with Crippen molar-refractivity contribution in [2.24, 2.45) is 4.99 Å². The van der Waals surface area contributed by atoms with Gasteiger partial charge >= 0.3 is 5.69 Å². The number of hydrogen-bond acceptors (Lipinski definition) is 6. The maximum atomic E-state index is 12.4. The van der Waals surface area contributed by atoms with E-state index in [2.05, 4.69) is 45.8 Å². The minimum absolute atomic E-state index is 0.240. The second-order valence-electron chi connectivity index (χ2n) is 6.78. The SMILES string of the molecule is C#C.CC.CCCCN=C/C=C\CCn1c(=O)[nH]c2cnc(N(C=N)c3cccc(C#N)c3)nc21. The number of rotatable bonds is 10. The van der Waals surface area contributed by atoms with Crippen molar-refractivity contribution in [1.82, 2.24) is 19.5 Å². The number of unbranched alkanes of at least 4 members (excludes halogenated alkanes) is 1. The first-order valence-electron chi connectivity index (χ1n) is 11.4. The predicted molar refractivity (Wildman–Crippen MR) is 143 cm³/mol. The van der Waals surface area contributed by atoms with Gasteiger partial charge in [-0.25, -0.2) is 9.78 Å². The van der Waals surface area contributed by atoms with E-state index in [0.29, 0.717) is 35.4 Å². The Bertz CT molecular complexity index is 1240. The third-order valence-electron chi connectivity index (χ3n) is 4.58. The van der Waals surface area contributed by atoms with Gasteiger partial charge in [0.05, 0.1) is 29.9 Å². The molecular formula is C26H32N8O. The molecule has 0 amide bonds. The number of benzene rings is 1. The first-order valence-corrected chi connectivity index (χ1v) is 11.4. The Balaban J connectivity index is 0.00000145. The van der Waals surface area contributed by atoms with Gasteiger partial charge in [-0.15, -0.1) is 12.8 Å². The number of allylic oxidation sites excluding steroid dienone is 2. The Morgan fingerprint density at radius 3 is 2.80 bits per heavy atom. The van der Waals surface area contributed by atoms with E-state index in [9.17, 15) is 4.79 Å². The van der Waals surface area contributed by atoms with E-state index in [1.807, 2.05) is 26.0 Å². The number of H-pyrrole nitrogens is 1. The molecule has 2 heterocycles. The monoisotopic (exact) mass is 472 g/mol. The van der Waals surface area contributed by atoms with Crippen LogP contribution in [-0.2, 0) is 6.54 Å². The van der Waals surface area contributed by atoms with Gasteiger partial charge in [-0.3, -0.25) is 19.9 Å². The summed E-state index contributed by atoms with van der Waals surface area (Å²) in [5.41, 5.74) is 1.77. The minimum atomic E-state index is -0.264. The van der Waals surface area contributed by atoms with Crippen molar-refractivity contribution < 1.29 is 0 Å². The lowest BCUT2D eigenvalue weighted by atomic mass is 10.2. The molecule has 0 aliphatic carbocycles. The van der Waals surface area contributed by atoms with E-state index in [1.54, 1.807) is 35.0 Å². The van der Waals surface area contributed by atoms with Gasteiger partial charge in [0.25, 0.3) is 0 Å². The second-order valence-corrected chi connectivity index (χ2v) is 6.78. The molecule has 0 atom stereocenters. The number of aryl methyl sites for hydroxylation is 1. The summed E-state index contributed by atoms with van der Waals surface area (Å²) in [5.74, 6) is 0.240. The van der Waals surface area contributed by atoms with Crippen molar-refractivity contribution in [3.8, 4) is 18.9 Å². The number of imidazole rings is 1. The van der Waals surface area contributed by atoms with Crippen LogP contribution in [0, 0.1) is 29.6 Å². The number of hydrogen-bond donors (Lipinski definition) is 2. The predicted octanol–water partition coefficient (Wildman–Crippen LogP) is 4.83. The summed E-state index contributed by atoms with van der Waals surface area (Å²) in [7, 11) is 0. The largest absolute Gasteiger partial charge is 0.327 e. The molecule has 0 aliphatic rings. The number of nitrogens with one attached hydrogen (secondary N) is 2. The Labute approximate surface area is 206 Å². The zero-order chi connectivity index (χ0) is 26.1. The normalized spacial score (nSPS) is 10.3. The van der Waals surface area contributed by atoms with Gasteiger partial charge in [-0.1, -0.05) is 39.3 Å². The molecule has 3 rings (SSSR count). The van der Waals surface area contributed by atoms with Gasteiger partial charge in [0.1, 0.15) is 5.52 Å². The topological polar surface area (TPSA) is 127 Å². The number of anilines is 2. The average Bonchev–Trinajstić information content (AvgIpc) is 3.23. The number of nitriles is 1. The summed E-state index contributed by atoms with van der Waals surface area (Å²) < 4.78 is 1.55. The summed E-state index contributed by atoms with van der Waals surface area (Å²) in [6.45, 7) is 7.40. The highest BCUT2D eigenvalue weighted by Crippen LogP contribution is 2.22. The molecule has 9 nitrogen and oxygen atoms in total. The highest BCUT2D eigenvalue weighted by Gasteiger charge is 2.15. The molecule has 0 aliphatic heterocycles. The van der Waals surface area contributed by atoms with Crippen LogP contribution < -0.4 is 10.6 Å². The van der Waals surface area contributed by atoms with Gasteiger partial charge in [-0.2, -0.15) is 10.2 Å². The maximum Gasteiger partial charge on any atom is 0.327 e. The fourth-order valence-electron chi connectivity index (χ4n) is 2.98. The minimum Gasteiger partial charge on any atom is -0.303 e. The van der Waals surface area contributed by atoms with Crippen molar-refractivity contribution in [2.45, 2.75) is 46.6 Å². The van der Waals surface area contributed by atoms with E-state index in [4.69, 9.17) is 10.7 Å². The van der Waals surface area contributed by atoms with Gasteiger partial charge < -0.3 is 4.98 Å². The molecule has 2 aromatic heterocycles. The zero-order valence-electron chi connectivity index (χ0n) is 20.5. The standard InChI is InChI=1S/C22H24N8O.C2H6.C2H2/c1-2-3-10-25-11-5-4-6-12-29-20-19(27-22(29)31)15-26-21(28-20)30(16-24)18-9-7-8-17(13-18)14-23;2*1-2/h4-5,7-9,11,13,15-16,24H,2-3,6,10,12H2,1H3,(H,27,31);1-2H3;1-2H/b5-4-,24-16?,25-11?;;. The fraction of sp³-hybridized carbons (Fsp3) is 0.308. The first-order chi connectivity index (χ1) is 17.2. The van der Waals surface area contributed by atoms with Crippen molar-refractivity contribution in [3.05, 3.63) is 58.7 Å². The maximum absolute atomic E-state index is 12.4. The zero-order valence-corrected chi connectivity index (χ0v) is 20.5. The number of nitrogens with zero attached hydrogens (tertiary/aromatic N) is 6. The Morgan fingerprint density at radius 1 is 1.34 bits per heavy atom. The smallest absolute Gasteiger partial charge is 0.303 e. The van der Waals surface area contributed by atoms with Crippen molar-refractivity contribution in [3.63, 3.8) is 0 Å². The van der Waals surface area contributed by atoms with E-state index in [-0.39, 0.29) is 11.6 Å². The van der Waals surface area contributed by atoms with Crippen LogP contribution in [0.2, 0.25) is 0 Å². The van der Waals surface area contributed by atoms with Crippen LogP contribution in [0.15, 0.2) is 52.4 Å². The highest BCUT2D eigenvalue weighted by molar-refractivity contribution is 5.86. The van der Waals surface area contributed by atoms with Crippen LogP contribution in [-0.4, -0.2) is 38.6 Å². The van der Waals surface area contributed by atoms with Gasteiger partial charge in [0, 0.05) is 19.3 Å². The number of terminal acetylenes is 1. The lowest BCUT2D eigenvalue weighted by molar-refractivity contribution is 0.697. The lowest BCUT2D eigenvalue weighted by Gasteiger charge is -2.17. The molecular weight excluding hydrogens is 440 g/mol. The molecule has 0 radical (unpaired) electrons. The number of aromatic amines is 1. The molecule has 0 fully saturated rings. The molecule has 0 unspecified atom stereocenters. The van der Waals surface area contributed by atoms with Crippen LogP contribution in [0.25, 0.3) is 11.2 Å². The summed E-state index contributed by atoms with van der Waals surface area (Å²) in [6.07, 6.45) is 19.1. The Kier molecular flexibility index (Phi) is 13.2. The van der Waals surface area contributed by atoms with E-state index in [0.717, 1.165) is 25.7 Å². The van der Waals surface area contributed by atoms with Crippen LogP contribution in [0.4, 0.5) is 11.6 Å². The molecule has 0 saturated carbocycles. The van der Waals surface area contributed by atoms with Gasteiger partial charge in [0.2, 0.25) is 5.95 Å². The second kappa shape index (κ2) is 16.2. The van der Waals surface area contributed by atoms with E-state index in [1.165, 1.54) is 11.1 Å². The molecule has 0 saturated heterocycles. The van der Waals surface area contributed by atoms with E-state index >= 15 is 0 Å². The summed E-state index contributed by atoms with van der Waals surface area (Å²) >= 11 is 0. The summed E-state index contributed by atoms with van der Waals surface area (Å²) in [6, 6.07) is 8.90. The highest BCUT2D eigenvalue weighted by atomic mass is 16.1. The lowest BCUT2D eigenvalue weighted by Crippen LogP contribution is -2.19. The van der Waals surface area contributed by atoms with Crippen LogP contribution in [0.5, 0.6) is 0 Å². The van der Waals surface area contributed by atoms with Crippen LogP contribution in [0.3, 0.4) is 0 Å². The molecule has 35 heavy (non-hydrogen) atoms. The van der Waals surface area contributed by atoms with Crippen molar-refractivity contribution in [2.75, 3.05) is 11.4 Å². The quantitative estimate of drug-likeness (QED) is 0.189. The van der Waals surface area contributed by atoms with Crippen LogP contribution >= 0.6 is 0 Å². The summed E-state index contributed by atoms with van der Waals surface area (Å²) in [5, 5.41) is 16.9. The Morgan fingerprint density at radius 2 is 2.11 bits per heavy atom. The molecule has 0 bridgehead atoms. The molecule has 182 valence electrons. The third-order valence-corrected chi connectivity index (χ3v) is 4.58. The number of aromatic nitrogens is 4. The third kappa shape index (κ3) is 8.09. The van der Waals surface area contributed by atoms with Gasteiger partial charge in [-0.05, 0) is 37.1 Å². The van der Waals surface area contributed by atoms with Crippen molar-refractivity contribution in [1.29, 1.82) is 10.7 Å². The van der Waals surface area contributed by atoms with Crippen LogP contribution in [0.1, 0.15) is 45.6 Å². The molecule has 2 N–H and O–H groups in total. The van der Waals surface area contributed by atoms with E-state index < -0.39 is 0 Å². The fourth-order valence-corrected chi connectivity index (χ4v) is 2.98. The molecule has 1 aromatic carbocycles. The summed E-state index contributed by atoms with van der Waals surface area (Å²) in [4.78, 5) is 29.7. The van der Waals surface area contributed by atoms with Gasteiger partial charge in [0.15, 0.2) is 5.65 Å². The molecule has 0 spiro atoms. The number of aliphatic imine (C=N–C) groups is 1. The molecule has 3 aromatic rings. The number of fused-ring (bicyclic) bond motifs is 1. The first kappa shape index (κ1) is 28.5. The van der Waals surface area contributed by atoms with Crippen molar-refractivity contribution >= 4 is 35.4 Å². The average molecular weight is 473 g/mol. The Hall–Kier alpha value is -4.50. The molecule has 9 heteroatoms.